The van der Waals surface area contributed by atoms with E-state index in [1.807, 2.05) is 12.1 Å². The van der Waals surface area contributed by atoms with Gasteiger partial charge in [0.15, 0.2) is 0 Å². The van der Waals surface area contributed by atoms with Crippen molar-refractivity contribution in [3.63, 3.8) is 0 Å². The molecule has 0 saturated heterocycles. The van der Waals surface area contributed by atoms with Crippen LogP contribution in [0.1, 0.15) is 11.1 Å². The fourth-order valence-corrected chi connectivity index (χ4v) is 3.59. The van der Waals surface area contributed by atoms with Gasteiger partial charge in [0.05, 0.1) is 8.95 Å². The number of halogens is 4. The Morgan fingerprint density at radius 1 is 1.00 bits per heavy atom. The lowest BCUT2D eigenvalue weighted by molar-refractivity contribution is 0.302. The van der Waals surface area contributed by atoms with Crippen LogP contribution >= 0.6 is 66.1 Å². The third-order valence-corrected chi connectivity index (χ3v) is 4.71. The first-order valence-electron chi connectivity index (χ1n) is 5.51. The molecule has 0 radical (unpaired) electrons. The highest BCUT2D eigenvalue weighted by Crippen LogP contribution is 2.35. The zero-order valence-electron chi connectivity index (χ0n) is 9.80. The van der Waals surface area contributed by atoms with Gasteiger partial charge in [0, 0.05) is 9.45 Å². The minimum Gasteiger partial charge on any atom is -0.487 e. The molecule has 2 aromatic rings. The molecule has 5 heteroatoms. The number of benzene rings is 2. The Hall–Kier alpha value is 0.220. The fraction of sp³-hybridized carbons (Fsp3) is 0.143. The minimum absolute atomic E-state index is 0.481. The van der Waals surface area contributed by atoms with Crippen molar-refractivity contribution in [2.75, 3.05) is 0 Å². The van der Waals surface area contributed by atoms with Crippen LogP contribution < -0.4 is 4.74 Å². The Kier molecular flexibility index (Phi) is 5.99. The van der Waals surface area contributed by atoms with E-state index in [4.69, 9.17) is 16.3 Å². The summed E-state index contributed by atoms with van der Waals surface area (Å²) in [7, 11) is 0. The van der Waals surface area contributed by atoms with Gasteiger partial charge >= 0.3 is 0 Å². The standard InChI is InChI=1S/C14H10Br2ClIO/c15-12-5-10(7-17)6-13(16)14(12)19-8-9-1-3-11(18)4-2-9/h1-6H,7-8H2. The Balaban J connectivity index is 2.13. The highest BCUT2D eigenvalue weighted by Gasteiger charge is 2.09. The van der Waals surface area contributed by atoms with Gasteiger partial charge in [0.25, 0.3) is 0 Å². The maximum atomic E-state index is 5.85. The zero-order chi connectivity index (χ0) is 13.8. The molecule has 0 N–H and O–H groups in total. The Labute approximate surface area is 148 Å². The lowest BCUT2D eigenvalue weighted by Crippen LogP contribution is -1.97. The molecule has 0 aliphatic carbocycles. The zero-order valence-corrected chi connectivity index (χ0v) is 15.9. The Morgan fingerprint density at radius 2 is 1.58 bits per heavy atom. The maximum absolute atomic E-state index is 5.85. The summed E-state index contributed by atoms with van der Waals surface area (Å²) in [5, 5.41) is 0. The monoisotopic (exact) mass is 514 g/mol. The first-order valence-corrected chi connectivity index (χ1v) is 8.71. The predicted molar refractivity (Wildman–Crippen MR) is 94.9 cm³/mol. The molecule has 2 aromatic carbocycles. The van der Waals surface area contributed by atoms with E-state index in [0.717, 1.165) is 25.8 Å². The van der Waals surface area contributed by atoms with Gasteiger partial charge < -0.3 is 4.74 Å². The molecule has 0 unspecified atom stereocenters. The van der Waals surface area contributed by atoms with Crippen molar-refractivity contribution in [2.45, 2.75) is 12.5 Å². The number of alkyl halides is 1. The van der Waals surface area contributed by atoms with Crippen molar-refractivity contribution >= 4 is 66.1 Å². The van der Waals surface area contributed by atoms with E-state index in [1.54, 1.807) is 0 Å². The van der Waals surface area contributed by atoms with Gasteiger partial charge in [-0.05, 0) is 89.8 Å². The van der Waals surface area contributed by atoms with E-state index in [9.17, 15) is 0 Å². The van der Waals surface area contributed by atoms with E-state index in [0.29, 0.717) is 12.5 Å². The van der Waals surface area contributed by atoms with Crippen LogP contribution in [0.3, 0.4) is 0 Å². The first kappa shape index (κ1) is 15.6. The van der Waals surface area contributed by atoms with Gasteiger partial charge in [-0.15, -0.1) is 11.6 Å². The molecule has 0 aliphatic heterocycles. The molecular formula is C14H10Br2ClIO. The molecule has 100 valence electrons. The van der Waals surface area contributed by atoms with Crippen LogP contribution in [0.2, 0.25) is 0 Å². The van der Waals surface area contributed by atoms with Crippen molar-refractivity contribution in [1.82, 2.24) is 0 Å². The average Bonchev–Trinajstić information content (AvgIpc) is 2.39. The van der Waals surface area contributed by atoms with Crippen molar-refractivity contribution in [2.24, 2.45) is 0 Å². The molecule has 0 aromatic heterocycles. The van der Waals surface area contributed by atoms with Crippen molar-refractivity contribution in [3.8, 4) is 5.75 Å². The van der Waals surface area contributed by atoms with Crippen LogP contribution in [-0.2, 0) is 12.5 Å². The lowest BCUT2D eigenvalue weighted by Gasteiger charge is -2.11. The van der Waals surface area contributed by atoms with Gasteiger partial charge in [0.1, 0.15) is 12.4 Å². The Bertz CT molecular complexity index is 549. The topological polar surface area (TPSA) is 9.23 Å². The smallest absolute Gasteiger partial charge is 0.148 e. The van der Waals surface area contributed by atoms with Crippen LogP contribution in [0.15, 0.2) is 45.3 Å². The molecule has 0 amide bonds. The first-order chi connectivity index (χ1) is 9.10. The fourth-order valence-electron chi connectivity index (χ4n) is 1.56. The van der Waals surface area contributed by atoms with E-state index < -0.39 is 0 Å². The highest BCUT2D eigenvalue weighted by atomic mass is 127. The summed E-state index contributed by atoms with van der Waals surface area (Å²) in [6, 6.07) is 12.2. The average molecular weight is 516 g/mol. The van der Waals surface area contributed by atoms with E-state index >= 15 is 0 Å². The summed E-state index contributed by atoms with van der Waals surface area (Å²) < 4.78 is 8.88. The summed E-state index contributed by atoms with van der Waals surface area (Å²) in [6.07, 6.45) is 0. The molecule has 0 fully saturated rings. The van der Waals surface area contributed by atoms with Crippen LogP contribution in [0.25, 0.3) is 0 Å². The number of ether oxygens (including phenoxy) is 1. The summed E-state index contributed by atoms with van der Waals surface area (Å²) in [6.45, 7) is 0.536. The third-order valence-electron chi connectivity index (χ3n) is 2.51. The number of hydrogen-bond acceptors (Lipinski definition) is 1. The second kappa shape index (κ2) is 7.29. The van der Waals surface area contributed by atoms with Gasteiger partial charge in [0.2, 0.25) is 0 Å². The molecule has 0 spiro atoms. The van der Waals surface area contributed by atoms with E-state index in [1.165, 1.54) is 3.57 Å². The molecule has 0 bridgehead atoms. The predicted octanol–water partition coefficient (Wildman–Crippen LogP) is 6.13. The van der Waals surface area contributed by atoms with Crippen LogP contribution in [-0.4, -0.2) is 0 Å². The summed E-state index contributed by atoms with van der Waals surface area (Å²) in [5.74, 6) is 1.28. The normalized spacial score (nSPS) is 10.5. The summed E-state index contributed by atoms with van der Waals surface area (Å²) in [4.78, 5) is 0. The summed E-state index contributed by atoms with van der Waals surface area (Å²) in [5.41, 5.74) is 2.18. The third kappa shape index (κ3) is 4.34. The number of hydrogen-bond donors (Lipinski definition) is 0. The van der Waals surface area contributed by atoms with Gasteiger partial charge in [-0.25, -0.2) is 0 Å². The second-order valence-electron chi connectivity index (χ2n) is 3.94. The van der Waals surface area contributed by atoms with Crippen LogP contribution in [0.5, 0.6) is 5.75 Å². The van der Waals surface area contributed by atoms with E-state index in [-0.39, 0.29) is 0 Å². The lowest BCUT2D eigenvalue weighted by atomic mass is 10.2. The molecule has 2 rings (SSSR count). The maximum Gasteiger partial charge on any atom is 0.148 e. The van der Waals surface area contributed by atoms with Crippen LogP contribution in [0, 0.1) is 3.57 Å². The van der Waals surface area contributed by atoms with Crippen LogP contribution in [0.4, 0.5) is 0 Å². The number of rotatable bonds is 4. The molecule has 0 heterocycles. The largest absolute Gasteiger partial charge is 0.487 e. The molecule has 1 nitrogen and oxygen atoms in total. The molecule has 0 saturated carbocycles. The second-order valence-corrected chi connectivity index (χ2v) is 7.16. The Morgan fingerprint density at radius 3 is 2.11 bits per heavy atom. The van der Waals surface area contributed by atoms with Gasteiger partial charge in [-0.1, -0.05) is 12.1 Å². The molecular weight excluding hydrogens is 506 g/mol. The van der Waals surface area contributed by atoms with Crippen molar-refractivity contribution in [1.29, 1.82) is 0 Å². The summed E-state index contributed by atoms with van der Waals surface area (Å²) >= 11 is 15.1. The SMILES string of the molecule is ClCc1cc(Br)c(OCc2ccc(I)cc2)c(Br)c1. The van der Waals surface area contributed by atoms with Gasteiger partial charge in [-0.3, -0.25) is 0 Å². The highest BCUT2D eigenvalue weighted by molar-refractivity contribution is 14.1. The molecule has 19 heavy (non-hydrogen) atoms. The molecule has 0 aliphatic rings. The van der Waals surface area contributed by atoms with Crippen molar-refractivity contribution in [3.05, 3.63) is 60.0 Å². The minimum atomic E-state index is 0.481. The van der Waals surface area contributed by atoms with Gasteiger partial charge in [-0.2, -0.15) is 0 Å². The quantitative estimate of drug-likeness (QED) is 0.351. The molecule has 0 atom stereocenters. The van der Waals surface area contributed by atoms with Crippen molar-refractivity contribution < 1.29 is 4.74 Å². The van der Waals surface area contributed by atoms with E-state index in [2.05, 4.69) is 78.7 Å².